The lowest BCUT2D eigenvalue weighted by Crippen LogP contribution is -2.37. The smallest absolute Gasteiger partial charge is 0.329 e. The predicted octanol–water partition coefficient (Wildman–Crippen LogP) is 2.26. The van der Waals surface area contributed by atoms with E-state index < -0.39 is 11.8 Å². The zero-order valence-electron chi connectivity index (χ0n) is 15.3. The standard InChI is InChI=1S/C19H26N4O3/c1-13-7-6-10-16(11-13)21-18(25)19(26)23-22-14(2)12-17(24)20-15-8-4-3-5-9-15/h6-7,10-11,15H,3-5,8-9,12H2,1-2H3,(H,20,24)(H,21,25)(H,23,26)/b22-14-. The predicted molar refractivity (Wildman–Crippen MR) is 101 cm³/mol. The number of rotatable bonds is 5. The highest BCUT2D eigenvalue weighted by atomic mass is 16.2. The molecule has 0 radical (unpaired) electrons. The average Bonchev–Trinajstić information content (AvgIpc) is 2.60. The number of amides is 3. The molecule has 0 unspecified atom stereocenters. The summed E-state index contributed by atoms with van der Waals surface area (Å²) >= 11 is 0. The summed E-state index contributed by atoms with van der Waals surface area (Å²) < 4.78 is 0. The molecule has 1 aromatic carbocycles. The van der Waals surface area contributed by atoms with Gasteiger partial charge in [-0.1, -0.05) is 31.4 Å². The van der Waals surface area contributed by atoms with Gasteiger partial charge in [0.15, 0.2) is 0 Å². The van der Waals surface area contributed by atoms with E-state index in [1.165, 1.54) is 6.42 Å². The van der Waals surface area contributed by atoms with Crippen LogP contribution in [0.4, 0.5) is 5.69 Å². The molecule has 2 rings (SSSR count). The maximum atomic E-state index is 12.0. The summed E-state index contributed by atoms with van der Waals surface area (Å²) in [6, 6.07) is 7.37. The van der Waals surface area contributed by atoms with Gasteiger partial charge in [-0.15, -0.1) is 0 Å². The first-order chi connectivity index (χ1) is 12.4. The second kappa shape index (κ2) is 9.70. The van der Waals surface area contributed by atoms with Gasteiger partial charge in [0.05, 0.1) is 6.42 Å². The number of carbonyl (C=O) groups is 3. The van der Waals surface area contributed by atoms with Crippen LogP contribution in [0.2, 0.25) is 0 Å². The van der Waals surface area contributed by atoms with Crippen molar-refractivity contribution in [1.82, 2.24) is 10.7 Å². The average molecular weight is 358 g/mol. The molecule has 7 nitrogen and oxygen atoms in total. The first-order valence-electron chi connectivity index (χ1n) is 8.94. The van der Waals surface area contributed by atoms with Crippen molar-refractivity contribution in [2.45, 2.75) is 58.4 Å². The fraction of sp³-hybridized carbons (Fsp3) is 0.474. The Morgan fingerprint density at radius 1 is 1.12 bits per heavy atom. The van der Waals surface area contributed by atoms with Crippen molar-refractivity contribution in [2.24, 2.45) is 5.10 Å². The molecule has 26 heavy (non-hydrogen) atoms. The van der Waals surface area contributed by atoms with Crippen LogP contribution >= 0.6 is 0 Å². The number of hydrazone groups is 1. The highest BCUT2D eigenvalue weighted by Crippen LogP contribution is 2.17. The van der Waals surface area contributed by atoms with E-state index in [0.29, 0.717) is 11.4 Å². The van der Waals surface area contributed by atoms with Crippen LogP contribution in [0.5, 0.6) is 0 Å². The van der Waals surface area contributed by atoms with E-state index >= 15 is 0 Å². The van der Waals surface area contributed by atoms with E-state index in [1.54, 1.807) is 25.1 Å². The molecule has 0 bridgehead atoms. The van der Waals surface area contributed by atoms with Crippen LogP contribution in [0.1, 0.15) is 51.0 Å². The van der Waals surface area contributed by atoms with Crippen molar-refractivity contribution in [3.05, 3.63) is 29.8 Å². The molecule has 1 saturated carbocycles. The van der Waals surface area contributed by atoms with E-state index in [4.69, 9.17) is 0 Å². The number of nitrogens with zero attached hydrogens (tertiary/aromatic N) is 1. The van der Waals surface area contributed by atoms with E-state index in [0.717, 1.165) is 31.2 Å². The normalized spacial score (nSPS) is 15.2. The molecule has 1 aliphatic rings. The van der Waals surface area contributed by atoms with Gasteiger partial charge < -0.3 is 10.6 Å². The highest BCUT2D eigenvalue weighted by Gasteiger charge is 2.17. The summed E-state index contributed by atoms with van der Waals surface area (Å²) in [5, 5.41) is 9.32. The van der Waals surface area contributed by atoms with Gasteiger partial charge in [0.2, 0.25) is 5.91 Å². The first-order valence-corrected chi connectivity index (χ1v) is 8.94. The van der Waals surface area contributed by atoms with Gasteiger partial charge in [0, 0.05) is 17.4 Å². The number of carbonyl (C=O) groups excluding carboxylic acids is 3. The molecule has 1 aliphatic carbocycles. The van der Waals surface area contributed by atoms with Gasteiger partial charge in [-0.05, 0) is 44.4 Å². The minimum Gasteiger partial charge on any atom is -0.353 e. The summed E-state index contributed by atoms with van der Waals surface area (Å²) in [4.78, 5) is 35.6. The Morgan fingerprint density at radius 2 is 1.85 bits per heavy atom. The second-order valence-electron chi connectivity index (χ2n) is 6.69. The fourth-order valence-electron chi connectivity index (χ4n) is 2.91. The third-order valence-corrected chi connectivity index (χ3v) is 4.22. The summed E-state index contributed by atoms with van der Waals surface area (Å²) in [6.45, 7) is 3.53. The van der Waals surface area contributed by atoms with Gasteiger partial charge in [-0.3, -0.25) is 14.4 Å². The van der Waals surface area contributed by atoms with Gasteiger partial charge >= 0.3 is 11.8 Å². The Balaban J connectivity index is 1.76. The summed E-state index contributed by atoms with van der Waals surface area (Å²) in [6.07, 6.45) is 5.63. The van der Waals surface area contributed by atoms with Crippen molar-refractivity contribution < 1.29 is 14.4 Å². The first kappa shape index (κ1) is 19.6. The largest absolute Gasteiger partial charge is 0.353 e. The highest BCUT2D eigenvalue weighted by molar-refractivity contribution is 6.39. The Bertz CT molecular complexity index is 694. The minimum atomic E-state index is -0.876. The number of benzene rings is 1. The van der Waals surface area contributed by atoms with Crippen LogP contribution in [-0.2, 0) is 14.4 Å². The van der Waals surface area contributed by atoms with E-state index in [-0.39, 0.29) is 18.4 Å². The maximum absolute atomic E-state index is 12.0. The molecule has 7 heteroatoms. The summed E-state index contributed by atoms with van der Waals surface area (Å²) in [5.41, 5.74) is 4.14. The molecule has 0 spiro atoms. The van der Waals surface area contributed by atoms with Crippen molar-refractivity contribution in [3.8, 4) is 0 Å². The van der Waals surface area contributed by atoms with E-state index in [2.05, 4.69) is 21.2 Å². The zero-order valence-corrected chi connectivity index (χ0v) is 15.3. The fourth-order valence-corrected chi connectivity index (χ4v) is 2.91. The third kappa shape index (κ3) is 6.66. The lowest BCUT2D eigenvalue weighted by Gasteiger charge is -2.22. The van der Waals surface area contributed by atoms with Crippen molar-refractivity contribution in [1.29, 1.82) is 0 Å². The van der Waals surface area contributed by atoms with Crippen LogP contribution in [0.15, 0.2) is 29.4 Å². The van der Waals surface area contributed by atoms with Gasteiger partial charge in [-0.2, -0.15) is 5.10 Å². The molecule has 0 atom stereocenters. The van der Waals surface area contributed by atoms with Crippen LogP contribution in [0, 0.1) is 6.92 Å². The molecular weight excluding hydrogens is 332 g/mol. The monoisotopic (exact) mass is 358 g/mol. The molecule has 140 valence electrons. The van der Waals surface area contributed by atoms with Crippen molar-refractivity contribution >= 4 is 29.1 Å². The number of hydrogen-bond acceptors (Lipinski definition) is 4. The van der Waals surface area contributed by atoms with Crippen LogP contribution in [0.3, 0.4) is 0 Å². The summed E-state index contributed by atoms with van der Waals surface area (Å²) in [7, 11) is 0. The molecule has 0 saturated heterocycles. The quantitative estimate of drug-likeness (QED) is 0.428. The lowest BCUT2D eigenvalue weighted by molar-refractivity contribution is -0.136. The van der Waals surface area contributed by atoms with Gasteiger partial charge in [-0.25, -0.2) is 5.43 Å². The second-order valence-corrected chi connectivity index (χ2v) is 6.69. The Morgan fingerprint density at radius 3 is 2.54 bits per heavy atom. The number of hydrogen-bond donors (Lipinski definition) is 3. The summed E-state index contributed by atoms with van der Waals surface area (Å²) in [5.74, 6) is -1.80. The zero-order chi connectivity index (χ0) is 18.9. The lowest BCUT2D eigenvalue weighted by atomic mass is 9.95. The van der Waals surface area contributed by atoms with Crippen LogP contribution < -0.4 is 16.1 Å². The molecule has 3 N–H and O–H groups in total. The molecule has 0 heterocycles. The SMILES string of the molecule is C/C(CC(=O)NC1CCCCC1)=N/NC(=O)C(=O)Nc1cccc(C)c1. The van der Waals surface area contributed by atoms with Gasteiger partial charge in [0.1, 0.15) is 0 Å². The van der Waals surface area contributed by atoms with Crippen LogP contribution in [-0.4, -0.2) is 29.5 Å². The van der Waals surface area contributed by atoms with E-state index in [9.17, 15) is 14.4 Å². The molecule has 1 aromatic rings. The Kier molecular flexibility index (Phi) is 7.32. The van der Waals surface area contributed by atoms with Crippen molar-refractivity contribution in [2.75, 3.05) is 5.32 Å². The minimum absolute atomic E-state index is 0.0935. The number of nitrogens with one attached hydrogen (secondary N) is 3. The molecule has 0 aliphatic heterocycles. The number of anilines is 1. The number of aryl methyl sites for hydroxylation is 1. The van der Waals surface area contributed by atoms with Crippen molar-refractivity contribution in [3.63, 3.8) is 0 Å². The Hall–Kier alpha value is -2.70. The molecule has 0 aromatic heterocycles. The van der Waals surface area contributed by atoms with E-state index in [1.807, 2.05) is 13.0 Å². The molecule has 3 amide bonds. The maximum Gasteiger partial charge on any atom is 0.329 e. The Labute approximate surface area is 153 Å². The topological polar surface area (TPSA) is 99.7 Å². The third-order valence-electron chi connectivity index (χ3n) is 4.22. The van der Waals surface area contributed by atoms with Crippen LogP contribution in [0.25, 0.3) is 0 Å². The molecular formula is C19H26N4O3. The molecule has 1 fully saturated rings. The van der Waals surface area contributed by atoms with Gasteiger partial charge in [0.25, 0.3) is 0 Å².